The van der Waals surface area contributed by atoms with E-state index in [0.717, 1.165) is 10.9 Å². The van der Waals surface area contributed by atoms with Crippen LogP contribution in [0.4, 0.5) is 0 Å². The second-order valence-corrected chi connectivity index (χ2v) is 3.16. The predicted octanol–water partition coefficient (Wildman–Crippen LogP) is 1.68. The van der Waals surface area contributed by atoms with Crippen LogP contribution in [0.5, 0.6) is 5.75 Å². The first-order valence-corrected chi connectivity index (χ1v) is 4.55. The number of fused-ring (bicyclic) bond motifs is 1. The van der Waals surface area contributed by atoms with Crippen LogP contribution >= 0.6 is 12.4 Å². The van der Waals surface area contributed by atoms with Gasteiger partial charge in [-0.1, -0.05) is 0 Å². The molecule has 0 unspecified atom stereocenters. The Morgan fingerprint density at radius 1 is 1.38 bits per heavy atom. The average Bonchev–Trinajstić information content (AvgIpc) is 2.27. The van der Waals surface area contributed by atoms with E-state index in [9.17, 15) is 4.79 Å². The number of halogens is 1. The number of benzene rings is 1. The summed E-state index contributed by atoms with van der Waals surface area (Å²) >= 11 is 0. The van der Waals surface area contributed by atoms with Crippen molar-refractivity contribution in [3.8, 4) is 5.75 Å². The van der Waals surface area contributed by atoms with Gasteiger partial charge in [0.05, 0.1) is 7.11 Å². The third kappa shape index (κ3) is 2.18. The van der Waals surface area contributed by atoms with E-state index in [0.29, 0.717) is 17.9 Å². The Bertz CT molecular complexity index is 550. The van der Waals surface area contributed by atoms with E-state index in [1.54, 1.807) is 25.3 Å². The van der Waals surface area contributed by atoms with Crippen molar-refractivity contribution in [3.63, 3.8) is 0 Å². The molecule has 0 atom stereocenters. The minimum atomic E-state index is -0.381. The first kappa shape index (κ1) is 12.5. The molecule has 5 heteroatoms. The molecule has 0 spiro atoms. The van der Waals surface area contributed by atoms with E-state index < -0.39 is 0 Å². The van der Waals surface area contributed by atoms with Crippen LogP contribution < -0.4 is 16.1 Å². The molecule has 2 N–H and O–H groups in total. The molecule has 16 heavy (non-hydrogen) atoms. The second kappa shape index (κ2) is 5.01. The molecule has 2 rings (SSSR count). The molecule has 0 saturated heterocycles. The van der Waals surface area contributed by atoms with E-state index in [2.05, 4.69) is 0 Å². The molecular weight excluding hydrogens is 230 g/mol. The van der Waals surface area contributed by atoms with E-state index >= 15 is 0 Å². The highest BCUT2D eigenvalue weighted by Gasteiger charge is 2.05. The standard InChI is InChI=1S/C11H11NO3.ClH/c1-14-8-2-3-10-9(5-8)7(6-12)4-11(13)15-10;/h2-5H,6,12H2,1H3;1H. The highest BCUT2D eigenvalue weighted by molar-refractivity contribution is 5.85. The third-order valence-corrected chi connectivity index (χ3v) is 2.26. The van der Waals surface area contributed by atoms with Gasteiger partial charge in [-0.25, -0.2) is 4.79 Å². The lowest BCUT2D eigenvalue weighted by molar-refractivity contribution is 0.415. The largest absolute Gasteiger partial charge is 0.497 e. The highest BCUT2D eigenvalue weighted by atomic mass is 35.5. The van der Waals surface area contributed by atoms with Crippen LogP contribution in [0.2, 0.25) is 0 Å². The minimum Gasteiger partial charge on any atom is -0.497 e. The maximum absolute atomic E-state index is 11.2. The number of hydrogen-bond acceptors (Lipinski definition) is 4. The van der Waals surface area contributed by atoms with Crippen molar-refractivity contribution < 1.29 is 9.15 Å². The number of methoxy groups -OCH3 is 1. The van der Waals surface area contributed by atoms with Gasteiger partial charge in [0.15, 0.2) is 0 Å². The van der Waals surface area contributed by atoms with Crippen LogP contribution in [-0.2, 0) is 6.54 Å². The van der Waals surface area contributed by atoms with Crippen molar-refractivity contribution in [1.29, 1.82) is 0 Å². The molecule has 0 radical (unpaired) electrons. The molecule has 0 aliphatic heterocycles. The summed E-state index contributed by atoms with van der Waals surface area (Å²) in [5, 5.41) is 0.816. The van der Waals surface area contributed by atoms with Crippen LogP contribution in [0, 0.1) is 0 Å². The third-order valence-electron chi connectivity index (χ3n) is 2.26. The maximum atomic E-state index is 11.2. The van der Waals surface area contributed by atoms with Crippen molar-refractivity contribution in [2.75, 3.05) is 7.11 Å². The summed E-state index contributed by atoms with van der Waals surface area (Å²) < 4.78 is 10.1. The normalized spacial score (nSPS) is 9.88. The molecule has 0 amide bonds. The Kier molecular flexibility index (Phi) is 3.93. The van der Waals surface area contributed by atoms with Gasteiger partial charge in [-0.15, -0.1) is 12.4 Å². The van der Waals surface area contributed by atoms with Gasteiger partial charge in [-0.3, -0.25) is 0 Å². The van der Waals surface area contributed by atoms with E-state index in [-0.39, 0.29) is 18.0 Å². The van der Waals surface area contributed by atoms with Gasteiger partial charge >= 0.3 is 5.63 Å². The summed E-state index contributed by atoms with van der Waals surface area (Å²) in [6.07, 6.45) is 0. The van der Waals surface area contributed by atoms with Crippen LogP contribution in [0.15, 0.2) is 33.5 Å². The van der Waals surface area contributed by atoms with Gasteiger partial charge < -0.3 is 14.9 Å². The molecule has 1 heterocycles. The zero-order valence-corrected chi connectivity index (χ0v) is 9.54. The smallest absolute Gasteiger partial charge is 0.336 e. The Labute approximate surface area is 98.4 Å². The van der Waals surface area contributed by atoms with Gasteiger partial charge in [0.1, 0.15) is 11.3 Å². The number of ether oxygens (including phenoxy) is 1. The Balaban J connectivity index is 0.00000128. The first-order chi connectivity index (χ1) is 7.24. The quantitative estimate of drug-likeness (QED) is 0.813. The first-order valence-electron chi connectivity index (χ1n) is 4.55. The van der Waals surface area contributed by atoms with E-state index in [1.165, 1.54) is 6.07 Å². The average molecular weight is 242 g/mol. The number of hydrogen-bond donors (Lipinski definition) is 1. The van der Waals surface area contributed by atoms with Crippen molar-refractivity contribution in [2.45, 2.75) is 6.54 Å². The summed E-state index contributed by atoms with van der Waals surface area (Å²) in [4.78, 5) is 11.2. The maximum Gasteiger partial charge on any atom is 0.336 e. The highest BCUT2D eigenvalue weighted by Crippen LogP contribution is 2.22. The van der Waals surface area contributed by atoms with Gasteiger partial charge in [0.25, 0.3) is 0 Å². The van der Waals surface area contributed by atoms with Crippen molar-refractivity contribution >= 4 is 23.4 Å². The van der Waals surface area contributed by atoms with Gasteiger partial charge in [-0.05, 0) is 23.8 Å². The Morgan fingerprint density at radius 2 is 2.12 bits per heavy atom. The molecule has 1 aromatic carbocycles. The Morgan fingerprint density at radius 3 is 2.75 bits per heavy atom. The molecule has 2 aromatic rings. The zero-order chi connectivity index (χ0) is 10.8. The fourth-order valence-corrected chi connectivity index (χ4v) is 1.50. The summed E-state index contributed by atoms with van der Waals surface area (Å²) in [5.74, 6) is 0.714. The van der Waals surface area contributed by atoms with Crippen molar-refractivity contribution in [3.05, 3.63) is 40.2 Å². The molecule has 0 aliphatic carbocycles. The molecule has 4 nitrogen and oxygen atoms in total. The van der Waals surface area contributed by atoms with Gasteiger partial charge in [0.2, 0.25) is 0 Å². The predicted molar refractivity (Wildman–Crippen MR) is 64.2 cm³/mol. The summed E-state index contributed by atoms with van der Waals surface area (Å²) in [6.45, 7) is 0.301. The van der Waals surface area contributed by atoms with E-state index in [1.807, 2.05) is 0 Å². The lowest BCUT2D eigenvalue weighted by Gasteiger charge is -2.04. The van der Waals surface area contributed by atoms with Crippen molar-refractivity contribution in [1.82, 2.24) is 0 Å². The molecule has 1 aromatic heterocycles. The van der Waals surface area contributed by atoms with Gasteiger partial charge in [0, 0.05) is 18.0 Å². The summed E-state index contributed by atoms with van der Waals surface area (Å²) in [6, 6.07) is 6.66. The molecule has 0 saturated carbocycles. The van der Waals surface area contributed by atoms with Gasteiger partial charge in [-0.2, -0.15) is 0 Å². The SMILES string of the molecule is COc1ccc2oc(=O)cc(CN)c2c1.Cl. The van der Waals surface area contributed by atoms with Crippen molar-refractivity contribution in [2.24, 2.45) is 5.73 Å². The summed E-state index contributed by atoms with van der Waals surface area (Å²) in [5.41, 5.74) is 6.47. The molecule has 86 valence electrons. The minimum absolute atomic E-state index is 0. The second-order valence-electron chi connectivity index (χ2n) is 3.16. The molecule has 0 bridgehead atoms. The lowest BCUT2D eigenvalue weighted by Crippen LogP contribution is -2.04. The lowest BCUT2D eigenvalue weighted by atomic mass is 10.1. The molecule has 0 fully saturated rings. The monoisotopic (exact) mass is 241 g/mol. The number of rotatable bonds is 2. The van der Waals surface area contributed by atoms with Crippen LogP contribution in [0.1, 0.15) is 5.56 Å². The fourth-order valence-electron chi connectivity index (χ4n) is 1.50. The summed E-state index contributed by atoms with van der Waals surface area (Å²) in [7, 11) is 1.59. The molecular formula is C11H12ClNO3. The fraction of sp³-hybridized carbons (Fsp3) is 0.182. The topological polar surface area (TPSA) is 65.5 Å². The van der Waals surface area contributed by atoms with Crippen LogP contribution in [-0.4, -0.2) is 7.11 Å². The zero-order valence-electron chi connectivity index (χ0n) is 8.73. The van der Waals surface area contributed by atoms with E-state index in [4.69, 9.17) is 14.9 Å². The Hall–Kier alpha value is -1.52. The molecule has 0 aliphatic rings. The van der Waals surface area contributed by atoms with Crippen LogP contribution in [0.25, 0.3) is 11.0 Å². The number of nitrogens with two attached hydrogens (primary N) is 1. The van der Waals surface area contributed by atoms with Crippen LogP contribution in [0.3, 0.4) is 0 Å².